The highest BCUT2D eigenvalue weighted by Crippen LogP contribution is 2.34. The van der Waals surface area contributed by atoms with E-state index in [9.17, 15) is 0 Å². The molecule has 3 rings (SSSR count). The molecule has 1 unspecified atom stereocenters. The van der Waals surface area contributed by atoms with Gasteiger partial charge in [0.25, 0.3) is 0 Å². The van der Waals surface area contributed by atoms with Crippen molar-refractivity contribution in [1.82, 2.24) is 10.2 Å². The van der Waals surface area contributed by atoms with E-state index in [1.165, 1.54) is 77.4 Å². The van der Waals surface area contributed by atoms with Gasteiger partial charge in [-0.3, -0.25) is 0 Å². The van der Waals surface area contributed by atoms with E-state index in [4.69, 9.17) is 0 Å². The second-order valence-electron chi connectivity index (χ2n) is 6.46. The van der Waals surface area contributed by atoms with Crippen molar-refractivity contribution in [3.8, 4) is 0 Å². The van der Waals surface area contributed by atoms with E-state index in [-0.39, 0.29) is 0 Å². The molecule has 0 amide bonds. The van der Waals surface area contributed by atoms with Crippen molar-refractivity contribution >= 4 is 0 Å². The molecule has 0 spiro atoms. The number of rotatable bonds is 7. The fraction of sp³-hybridized carbons (Fsp3) is 1.00. The van der Waals surface area contributed by atoms with Gasteiger partial charge in [0.2, 0.25) is 0 Å². The van der Waals surface area contributed by atoms with Crippen molar-refractivity contribution in [2.75, 3.05) is 19.6 Å². The predicted molar refractivity (Wildman–Crippen MR) is 72.2 cm³/mol. The molecule has 1 N–H and O–H groups in total. The average Bonchev–Trinajstić information content (AvgIpc) is 3.23. The fourth-order valence-electron chi connectivity index (χ4n) is 3.21. The molecule has 0 aromatic heterocycles. The number of nitrogens with zero attached hydrogens (tertiary/aromatic N) is 1. The first-order valence-electron chi connectivity index (χ1n) is 7.89. The Kier molecular flexibility index (Phi) is 4.02. The lowest BCUT2D eigenvalue weighted by molar-refractivity contribution is 0.239. The smallest absolute Gasteiger partial charge is 0.00965 e. The highest BCUT2D eigenvalue weighted by atomic mass is 15.2. The zero-order valence-corrected chi connectivity index (χ0v) is 11.2. The van der Waals surface area contributed by atoms with Crippen molar-refractivity contribution in [2.24, 2.45) is 5.92 Å². The summed E-state index contributed by atoms with van der Waals surface area (Å²) < 4.78 is 0. The molecular weight excluding hydrogens is 208 g/mol. The van der Waals surface area contributed by atoms with Crippen LogP contribution in [0.25, 0.3) is 0 Å². The molecular formula is C15H28N2. The van der Waals surface area contributed by atoms with Crippen LogP contribution in [0.15, 0.2) is 0 Å². The summed E-state index contributed by atoms with van der Waals surface area (Å²) in [5.41, 5.74) is 0. The van der Waals surface area contributed by atoms with Gasteiger partial charge in [-0.05, 0) is 70.4 Å². The van der Waals surface area contributed by atoms with Crippen LogP contribution < -0.4 is 5.32 Å². The number of hydrogen-bond donors (Lipinski definition) is 1. The summed E-state index contributed by atoms with van der Waals surface area (Å²) in [4.78, 5) is 2.81. The molecule has 98 valence electrons. The molecule has 3 fully saturated rings. The van der Waals surface area contributed by atoms with Gasteiger partial charge in [-0.15, -0.1) is 0 Å². The third-order valence-corrected chi connectivity index (χ3v) is 4.66. The second-order valence-corrected chi connectivity index (χ2v) is 6.46. The summed E-state index contributed by atoms with van der Waals surface area (Å²) >= 11 is 0. The highest BCUT2D eigenvalue weighted by molar-refractivity contribution is 4.88. The van der Waals surface area contributed by atoms with Crippen LogP contribution in [-0.2, 0) is 0 Å². The molecule has 1 aliphatic heterocycles. The SMILES string of the molecule is C1CCC(CCCN(CC2CC2)C2CC2)NC1. The van der Waals surface area contributed by atoms with Crippen molar-refractivity contribution < 1.29 is 0 Å². The quantitative estimate of drug-likeness (QED) is 0.731. The lowest BCUT2D eigenvalue weighted by Crippen LogP contribution is -2.35. The zero-order chi connectivity index (χ0) is 11.5. The standard InChI is InChI=1S/C15H28N2/c1-2-10-16-14(4-1)5-3-11-17(15-8-9-15)12-13-6-7-13/h13-16H,1-12H2. The minimum atomic E-state index is 0.839. The van der Waals surface area contributed by atoms with E-state index in [1.54, 1.807) is 0 Å². The molecule has 0 bridgehead atoms. The third-order valence-electron chi connectivity index (χ3n) is 4.66. The Bertz CT molecular complexity index is 227. The first-order valence-corrected chi connectivity index (χ1v) is 7.89. The van der Waals surface area contributed by atoms with Crippen LogP contribution in [0, 0.1) is 5.92 Å². The molecule has 1 saturated heterocycles. The third kappa shape index (κ3) is 3.96. The largest absolute Gasteiger partial charge is 0.314 e. The van der Waals surface area contributed by atoms with Crippen molar-refractivity contribution in [3.63, 3.8) is 0 Å². The Balaban J connectivity index is 1.33. The van der Waals surface area contributed by atoms with Crippen LogP contribution in [0.2, 0.25) is 0 Å². The van der Waals surface area contributed by atoms with Crippen LogP contribution in [-0.4, -0.2) is 36.6 Å². The monoisotopic (exact) mass is 236 g/mol. The van der Waals surface area contributed by atoms with Crippen LogP contribution in [0.1, 0.15) is 57.8 Å². The molecule has 1 heterocycles. The summed E-state index contributed by atoms with van der Waals surface area (Å²) in [5, 5.41) is 3.67. The topological polar surface area (TPSA) is 15.3 Å². The maximum atomic E-state index is 3.67. The Hall–Kier alpha value is -0.0800. The molecule has 2 aliphatic carbocycles. The minimum Gasteiger partial charge on any atom is -0.314 e. The van der Waals surface area contributed by atoms with Gasteiger partial charge in [0.1, 0.15) is 0 Å². The number of nitrogens with one attached hydrogen (secondary N) is 1. The molecule has 2 heteroatoms. The highest BCUT2D eigenvalue weighted by Gasteiger charge is 2.33. The summed E-state index contributed by atoms with van der Waals surface area (Å²) in [7, 11) is 0. The van der Waals surface area contributed by atoms with Crippen LogP contribution >= 0.6 is 0 Å². The maximum Gasteiger partial charge on any atom is 0.00965 e. The minimum absolute atomic E-state index is 0.839. The molecule has 2 nitrogen and oxygen atoms in total. The van der Waals surface area contributed by atoms with Gasteiger partial charge in [0.15, 0.2) is 0 Å². The van der Waals surface area contributed by atoms with Crippen LogP contribution in [0.4, 0.5) is 0 Å². The second kappa shape index (κ2) is 5.71. The Morgan fingerprint density at radius 1 is 1.00 bits per heavy atom. The van der Waals surface area contributed by atoms with Crippen molar-refractivity contribution in [2.45, 2.75) is 69.9 Å². The normalized spacial score (nSPS) is 29.8. The van der Waals surface area contributed by atoms with E-state index in [1.807, 2.05) is 0 Å². The van der Waals surface area contributed by atoms with Gasteiger partial charge in [-0.25, -0.2) is 0 Å². The molecule has 17 heavy (non-hydrogen) atoms. The van der Waals surface area contributed by atoms with Crippen LogP contribution in [0.3, 0.4) is 0 Å². The summed E-state index contributed by atoms with van der Waals surface area (Å²) in [5.74, 6) is 1.07. The van der Waals surface area contributed by atoms with E-state index < -0.39 is 0 Å². The lowest BCUT2D eigenvalue weighted by Gasteiger charge is -2.26. The predicted octanol–water partition coefficient (Wildman–Crippen LogP) is 2.78. The van der Waals surface area contributed by atoms with Gasteiger partial charge >= 0.3 is 0 Å². The first-order chi connectivity index (χ1) is 8.42. The van der Waals surface area contributed by atoms with Crippen molar-refractivity contribution in [1.29, 1.82) is 0 Å². The van der Waals surface area contributed by atoms with Crippen LogP contribution in [0.5, 0.6) is 0 Å². The van der Waals surface area contributed by atoms with E-state index in [2.05, 4.69) is 10.2 Å². The fourth-order valence-corrected chi connectivity index (χ4v) is 3.21. The number of piperidine rings is 1. The molecule has 2 saturated carbocycles. The van der Waals surface area contributed by atoms with Gasteiger partial charge < -0.3 is 10.2 Å². The van der Waals surface area contributed by atoms with Gasteiger partial charge in [0, 0.05) is 18.6 Å². The van der Waals surface area contributed by atoms with E-state index in [0.29, 0.717) is 0 Å². The lowest BCUT2D eigenvalue weighted by atomic mass is 10.0. The van der Waals surface area contributed by atoms with Gasteiger partial charge in [-0.1, -0.05) is 6.42 Å². The Labute approximate surface area is 106 Å². The van der Waals surface area contributed by atoms with Crippen molar-refractivity contribution in [3.05, 3.63) is 0 Å². The molecule has 0 aromatic carbocycles. The summed E-state index contributed by atoms with van der Waals surface area (Å²) in [6.45, 7) is 4.06. The molecule has 0 aromatic rings. The molecule has 3 aliphatic rings. The van der Waals surface area contributed by atoms with E-state index >= 15 is 0 Å². The molecule has 1 atom stereocenters. The Morgan fingerprint density at radius 3 is 2.53 bits per heavy atom. The summed E-state index contributed by atoms with van der Waals surface area (Å²) in [6.07, 6.45) is 13.1. The Morgan fingerprint density at radius 2 is 1.88 bits per heavy atom. The van der Waals surface area contributed by atoms with E-state index in [0.717, 1.165) is 18.0 Å². The first kappa shape index (κ1) is 12.0. The zero-order valence-electron chi connectivity index (χ0n) is 11.2. The number of hydrogen-bond acceptors (Lipinski definition) is 2. The van der Waals surface area contributed by atoms with Gasteiger partial charge in [0.05, 0.1) is 0 Å². The maximum absolute atomic E-state index is 3.67. The van der Waals surface area contributed by atoms with Gasteiger partial charge in [-0.2, -0.15) is 0 Å². The molecule has 0 radical (unpaired) electrons. The summed E-state index contributed by atoms with van der Waals surface area (Å²) in [6, 6.07) is 1.82. The average molecular weight is 236 g/mol.